The molecule has 59 valence electrons. The molecule has 0 aliphatic carbocycles. The average molecular weight is 282 g/mol. The van der Waals surface area contributed by atoms with E-state index in [0.717, 1.165) is 19.9 Å². The van der Waals surface area contributed by atoms with Crippen LogP contribution in [0.2, 0.25) is 5.02 Å². The predicted octanol–water partition coefficient (Wildman–Crippen LogP) is 3.06. The highest BCUT2D eigenvalue weighted by Gasteiger charge is 2.05. The molecule has 0 saturated carbocycles. The Morgan fingerprint density at radius 3 is 2.82 bits per heavy atom. The number of benzene rings is 1. The maximum Gasteiger partial charge on any atom is 0.140 e. The van der Waals surface area contributed by atoms with Crippen LogP contribution in [0.3, 0.4) is 0 Å². The molecule has 3 heteroatoms. The van der Waals surface area contributed by atoms with E-state index in [0.29, 0.717) is 0 Å². The van der Waals surface area contributed by atoms with Crippen LogP contribution in [0.5, 0.6) is 5.75 Å². The fourth-order valence-corrected chi connectivity index (χ4v) is 1.70. The molecule has 1 rings (SSSR count). The van der Waals surface area contributed by atoms with Crippen molar-refractivity contribution in [3.8, 4) is 5.75 Å². The van der Waals surface area contributed by atoms with Crippen molar-refractivity contribution in [3.05, 3.63) is 26.3 Å². The van der Waals surface area contributed by atoms with Crippen LogP contribution in [0.25, 0.3) is 0 Å². The van der Waals surface area contributed by atoms with Crippen LogP contribution in [0, 0.1) is 16.6 Å². The van der Waals surface area contributed by atoms with Gasteiger partial charge in [0.25, 0.3) is 0 Å². The van der Waals surface area contributed by atoms with Gasteiger partial charge in [-0.15, -0.1) is 0 Å². The molecule has 0 fully saturated rings. The summed E-state index contributed by atoms with van der Waals surface area (Å²) in [4.78, 5) is 0. The van der Waals surface area contributed by atoms with Crippen molar-refractivity contribution in [1.82, 2.24) is 0 Å². The van der Waals surface area contributed by atoms with Crippen LogP contribution in [-0.2, 0) is 0 Å². The van der Waals surface area contributed by atoms with Gasteiger partial charge >= 0.3 is 0 Å². The molecule has 0 spiro atoms. The standard InChI is InChI=1S/C8H7ClIO/c1-5-6(9)3-4-7(11-2)8(5)10/h3H,1-2H3. The minimum absolute atomic E-state index is 0.732. The Morgan fingerprint density at radius 2 is 2.27 bits per heavy atom. The van der Waals surface area contributed by atoms with E-state index in [4.69, 9.17) is 16.3 Å². The highest BCUT2D eigenvalue weighted by molar-refractivity contribution is 14.1. The van der Waals surface area contributed by atoms with Crippen molar-refractivity contribution in [2.24, 2.45) is 0 Å². The summed E-state index contributed by atoms with van der Waals surface area (Å²) in [5.74, 6) is 0.757. The molecule has 1 aromatic rings. The maximum absolute atomic E-state index is 5.85. The molecule has 0 unspecified atom stereocenters. The van der Waals surface area contributed by atoms with E-state index < -0.39 is 0 Å². The number of halogens is 2. The first-order chi connectivity index (χ1) is 5.16. The summed E-state index contributed by atoms with van der Waals surface area (Å²) in [6.07, 6.45) is 0. The van der Waals surface area contributed by atoms with Crippen molar-refractivity contribution in [2.75, 3.05) is 7.11 Å². The molecule has 11 heavy (non-hydrogen) atoms. The minimum atomic E-state index is 0.732. The largest absolute Gasteiger partial charge is 0.495 e. The van der Waals surface area contributed by atoms with Crippen molar-refractivity contribution in [2.45, 2.75) is 6.92 Å². The third-order valence-electron chi connectivity index (χ3n) is 1.42. The summed E-state index contributed by atoms with van der Waals surface area (Å²) in [5, 5.41) is 0.732. The Kier molecular flexibility index (Phi) is 3.01. The first-order valence-electron chi connectivity index (χ1n) is 3.07. The van der Waals surface area contributed by atoms with Crippen molar-refractivity contribution in [3.63, 3.8) is 0 Å². The zero-order valence-electron chi connectivity index (χ0n) is 6.24. The second-order valence-electron chi connectivity index (χ2n) is 2.11. The lowest BCUT2D eigenvalue weighted by Gasteiger charge is -2.05. The predicted molar refractivity (Wildman–Crippen MR) is 54.3 cm³/mol. The topological polar surface area (TPSA) is 9.23 Å². The molecular weight excluding hydrogens is 274 g/mol. The van der Waals surface area contributed by atoms with E-state index in [2.05, 4.69) is 28.7 Å². The zero-order valence-corrected chi connectivity index (χ0v) is 9.15. The molecule has 1 radical (unpaired) electrons. The fraction of sp³-hybridized carbons (Fsp3) is 0.250. The Labute approximate surface area is 84.8 Å². The Bertz CT molecular complexity index is 273. The molecule has 0 aliphatic heterocycles. The smallest absolute Gasteiger partial charge is 0.140 e. The van der Waals surface area contributed by atoms with Gasteiger partial charge in [0.1, 0.15) is 5.75 Å². The summed E-state index contributed by atoms with van der Waals surface area (Å²) >= 11 is 8.04. The summed E-state index contributed by atoms with van der Waals surface area (Å²) in [5.41, 5.74) is 1.04. The van der Waals surface area contributed by atoms with Gasteiger partial charge in [0.05, 0.1) is 10.7 Å². The highest BCUT2D eigenvalue weighted by atomic mass is 127. The van der Waals surface area contributed by atoms with Gasteiger partial charge in [0.2, 0.25) is 0 Å². The monoisotopic (exact) mass is 281 g/mol. The van der Waals surface area contributed by atoms with E-state index in [-0.39, 0.29) is 0 Å². The first-order valence-corrected chi connectivity index (χ1v) is 4.52. The van der Waals surface area contributed by atoms with Crippen LogP contribution in [0.1, 0.15) is 5.56 Å². The molecule has 0 atom stereocenters. The van der Waals surface area contributed by atoms with Crippen molar-refractivity contribution >= 4 is 34.2 Å². The molecule has 0 aliphatic rings. The van der Waals surface area contributed by atoms with Crippen molar-refractivity contribution < 1.29 is 4.74 Å². The Balaban J connectivity index is 3.25. The Morgan fingerprint density at radius 1 is 1.64 bits per heavy atom. The molecule has 0 heterocycles. The van der Waals surface area contributed by atoms with Gasteiger partial charge in [-0.25, -0.2) is 0 Å². The van der Waals surface area contributed by atoms with Gasteiger partial charge in [-0.05, 0) is 41.1 Å². The SMILES string of the molecule is COc1[c]cc(Cl)c(C)c1I. The summed E-state index contributed by atoms with van der Waals surface area (Å²) in [7, 11) is 1.63. The zero-order chi connectivity index (χ0) is 8.43. The lowest BCUT2D eigenvalue weighted by Crippen LogP contribution is -1.90. The van der Waals surface area contributed by atoms with E-state index in [1.54, 1.807) is 13.2 Å². The summed E-state index contributed by atoms with van der Waals surface area (Å²) in [6.45, 7) is 1.96. The maximum atomic E-state index is 5.85. The fourth-order valence-electron chi connectivity index (χ4n) is 0.724. The molecule has 0 bridgehead atoms. The van der Waals surface area contributed by atoms with Crippen molar-refractivity contribution in [1.29, 1.82) is 0 Å². The van der Waals surface area contributed by atoms with Crippen LogP contribution >= 0.6 is 34.2 Å². The first kappa shape index (κ1) is 9.13. The average Bonchev–Trinajstić information content (AvgIpc) is 2.01. The van der Waals surface area contributed by atoms with E-state index in [1.807, 2.05) is 6.92 Å². The Hall–Kier alpha value is 0.0400. The van der Waals surface area contributed by atoms with Gasteiger partial charge in [-0.1, -0.05) is 11.6 Å². The minimum Gasteiger partial charge on any atom is -0.495 e. The van der Waals surface area contributed by atoms with Crippen LogP contribution in [0.4, 0.5) is 0 Å². The van der Waals surface area contributed by atoms with Gasteiger partial charge < -0.3 is 4.74 Å². The van der Waals surface area contributed by atoms with E-state index in [9.17, 15) is 0 Å². The van der Waals surface area contributed by atoms with E-state index >= 15 is 0 Å². The number of ether oxygens (including phenoxy) is 1. The number of methoxy groups -OCH3 is 1. The molecule has 0 aromatic heterocycles. The van der Waals surface area contributed by atoms with Crippen LogP contribution < -0.4 is 4.74 Å². The molecule has 0 amide bonds. The number of rotatable bonds is 1. The van der Waals surface area contributed by atoms with E-state index in [1.165, 1.54) is 0 Å². The van der Waals surface area contributed by atoms with Crippen LogP contribution in [-0.4, -0.2) is 7.11 Å². The quantitative estimate of drug-likeness (QED) is 0.719. The molecular formula is C8H7ClIO. The van der Waals surface area contributed by atoms with Crippen LogP contribution in [0.15, 0.2) is 6.07 Å². The molecule has 1 aromatic carbocycles. The highest BCUT2D eigenvalue weighted by Crippen LogP contribution is 2.28. The molecule has 1 nitrogen and oxygen atoms in total. The third-order valence-corrected chi connectivity index (χ3v) is 3.11. The molecule has 0 N–H and O–H groups in total. The number of hydrogen-bond acceptors (Lipinski definition) is 1. The molecule has 0 saturated heterocycles. The second kappa shape index (κ2) is 3.63. The van der Waals surface area contributed by atoms with Gasteiger partial charge in [0, 0.05) is 11.1 Å². The van der Waals surface area contributed by atoms with Gasteiger partial charge in [-0.3, -0.25) is 0 Å². The normalized spacial score (nSPS) is 9.82. The summed E-state index contributed by atoms with van der Waals surface area (Å²) in [6, 6.07) is 4.65. The summed E-state index contributed by atoms with van der Waals surface area (Å²) < 4.78 is 6.08. The lowest BCUT2D eigenvalue weighted by atomic mass is 10.2. The second-order valence-corrected chi connectivity index (χ2v) is 3.59. The number of hydrogen-bond donors (Lipinski definition) is 0. The van der Waals surface area contributed by atoms with Gasteiger partial charge in [0.15, 0.2) is 0 Å². The van der Waals surface area contributed by atoms with Gasteiger partial charge in [-0.2, -0.15) is 0 Å². The lowest BCUT2D eigenvalue weighted by molar-refractivity contribution is 0.410. The third kappa shape index (κ3) is 1.79.